The summed E-state index contributed by atoms with van der Waals surface area (Å²) in [5.74, 6) is -0.454. The number of allylic oxidation sites excluding steroid dienone is 1. The van der Waals surface area contributed by atoms with Gasteiger partial charge in [0.25, 0.3) is 10.0 Å². The van der Waals surface area contributed by atoms with Gasteiger partial charge in [0.15, 0.2) is 0 Å². The first-order chi connectivity index (χ1) is 15.9. The minimum absolute atomic E-state index is 0.0982. The van der Waals surface area contributed by atoms with Gasteiger partial charge in [0.1, 0.15) is 5.75 Å². The Labute approximate surface area is 195 Å². The lowest BCUT2D eigenvalue weighted by Crippen LogP contribution is -2.44. The second-order valence-electron chi connectivity index (χ2n) is 8.15. The molecular formula is C27H27NO4S. The number of benzene rings is 3. The number of hydrogen-bond donors (Lipinski definition) is 0. The Kier molecular flexibility index (Phi) is 6.38. The lowest BCUT2D eigenvalue weighted by Gasteiger charge is -2.37. The molecule has 6 heteroatoms. The summed E-state index contributed by atoms with van der Waals surface area (Å²) < 4.78 is 33.7. The zero-order valence-electron chi connectivity index (χ0n) is 18.9. The van der Waals surface area contributed by atoms with E-state index in [0.717, 1.165) is 21.2 Å². The Hall–Kier alpha value is -3.38. The summed E-state index contributed by atoms with van der Waals surface area (Å²) in [6.07, 6.45) is 2.42. The molecule has 1 aliphatic heterocycles. The number of amides is 1. The van der Waals surface area contributed by atoms with Crippen LogP contribution in [-0.2, 0) is 14.8 Å². The third-order valence-corrected chi connectivity index (χ3v) is 7.80. The Balaban J connectivity index is 1.90. The zero-order chi connectivity index (χ0) is 23.6. The molecule has 0 aliphatic carbocycles. The van der Waals surface area contributed by atoms with Crippen molar-refractivity contribution in [1.82, 2.24) is 4.31 Å². The molecule has 0 saturated heterocycles. The fourth-order valence-electron chi connectivity index (χ4n) is 4.25. The Morgan fingerprint density at radius 1 is 0.909 bits per heavy atom. The van der Waals surface area contributed by atoms with Crippen LogP contribution in [0.15, 0.2) is 89.8 Å². The molecular weight excluding hydrogens is 434 g/mol. The second-order valence-corrected chi connectivity index (χ2v) is 9.94. The summed E-state index contributed by atoms with van der Waals surface area (Å²) >= 11 is 0. The fraction of sp³-hybridized carbons (Fsp3) is 0.222. The van der Waals surface area contributed by atoms with Crippen LogP contribution < -0.4 is 4.74 Å². The van der Waals surface area contributed by atoms with Gasteiger partial charge in [-0.1, -0.05) is 73.2 Å². The first-order valence-electron chi connectivity index (χ1n) is 10.9. The maximum Gasteiger partial charge on any atom is 0.270 e. The van der Waals surface area contributed by atoms with Crippen molar-refractivity contribution in [1.29, 1.82) is 0 Å². The molecule has 3 aromatic rings. The first-order valence-corrected chi connectivity index (χ1v) is 12.4. The van der Waals surface area contributed by atoms with Crippen LogP contribution in [0.1, 0.15) is 36.0 Å². The lowest BCUT2D eigenvalue weighted by atomic mass is 9.80. The number of ether oxygens (including phenoxy) is 1. The topological polar surface area (TPSA) is 63.7 Å². The summed E-state index contributed by atoms with van der Waals surface area (Å²) in [4.78, 5) is 13.9. The Morgan fingerprint density at radius 2 is 1.55 bits per heavy atom. The van der Waals surface area contributed by atoms with Crippen LogP contribution in [-0.4, -0.2) is 25.7 Å². The van der Waals surface area contributed by atoms with Crippen LogP contribution in [0.5, 0.6) is 5.75 Å². The van der Waals surface area contributed by atoms with Gasteiger partial charge in [0.05, 0.1) is 17.7 Å². The van der Waals surface area contributed by atoms with E-state index in [1.807, 2.05) is 74.5 Å². The first kappa shape index (κ1) is 22.8. The van der Waals surface area contributed by atoms with E-state index in [1.54, 1.807) is 31.4 Å². The quantitative estimate of drug-likeness (QED) is 0.494. The molecule has 4 rings (SSSR count). The highest BCUT2D eigenvalue weighted by molar-refractivity contribution is 7.90. The third kappa shape index (κ3) is 4.31. The highest BCUT2D eigenvalue weighted by atomic mass is 32.2. The molecule has 33 heavy (non-hydrogen) atoms. The Bertz CT molecular complexity index is 1260. The lowest BCUT2D eigenvalue weighted by molar-refractivity contribution is -0.129. The summed E-state index contributed by atoms with van der Waals surface area (Å²) in [6.45, 7) is 3.81. The average Bonchev–Trinajstić information content (AvgIpc) is 2.84. The van der Waals surface area contributed by atoms with Gasteiger partial charge in [-0.25, -0.2) is 12.7 Å². The molecule has 0 spiro atoms. The molecule has 5 nitrogen and oxygen atoms in total. The van der Waals surface area contributed by atoms with Gasteiger partial charge in [-0.2, -0.15) is 0 Å². The monoisotopic (exact) mass is 461 g/mol. The Morgan fingerprint density at radius 3 is 2.12 bits per heavy atom. The van der Waals surface area contributed by atoms with Crippen LogP contribution in [0, 0.1) is 12.8 Å². The number of rotatable bonds is 6. The predicted octanol–water partition coefficient (Wildman–Crippen LogP) is 5.39. The van der Waals surface area contributed by atoms with Crippen LogP contribution in [0.3, 0.4) is 0 Å². The highest BCUT2D eigenvalue weighted by Crippen LogP contribution is 2.42. The molecule has 0 aromatic heterocycles. The summed E-state index contributed by atoms with van der Waals surface area (Å²) in [6, 6.07) is 23.4. The zero-order valence-corrected chi connectivity index (χ0v) is 19.7. The maximum atomic E-state index is 13.8. The molecule has 1 amide bonds. The number of carbonyl (C=O) groups is 1. The van der Waals surface area contributed by atoms with Crippen molar-refractivity contribution in [3.05, 3.63) is 102 Å². The van der Waals surface area contributed by atoms with Gasteiger partial charge >= 0.3 is 0 Å². The normalized spacial score (nSPS) is 18.7. The van der Waals surface area contributed by atoms with Crippen molar-refractivity contribution >= 4 is 21.6 Å². The van der Waals surface area contributed by atoms with E-state index in [1.165, 1.54) is 0 Å². The van der Waals surface area contributed by atoms with E-state index < -0.39 is 21.8 Å². The standard InChI is InChI=1S/C27H27NO4S/c1-4-24-25(20-12-14-22(32-3)15-13-20)18-26(21-8-6-5-7-9-21)28(27(24)29)33(30,31)23-16-10-19(2)11-17-23/h5-18,24-25H,4H2,1-3H3/t24-,25-/m0/s1. The second kappa shape index (κ2) is 9.24. The smallest absolute Gasteiger partial charge is 0.270 e. The number of carbonyl (C=O) groups excluding carboxylic acids is 1. The van der Waals surface area contributed by atoms with Gasteiger partial charge in [0, 0.05) is 11.8 Å². The maximum absolute atomic E-state index is 13.8. The van der Waals surface area contributed by atoms with Crippen LogP contribution in [0.4, 0.5) is 0 Å². The average molecular weight is 462 g/mol. The van der Waals surface area contributed by atoms with E-state index >= 15 is 0 Å². The molecule has 0 radical (unpaired) electrons. The van der Waals surface area contributed by atoms with Gasteiger partial charge in [-0.05, 0) is 48.7 Å². The van der Waals surface area contributed by atoms with Crippen molar-refractivity contribution in [3.8, 4) is 5.75 Å². The van der Waals surface area contributed by atoms with Crippen molar-refractivity contribution in [2.24, 2.45) is 5.92 Å². The van der Waals surface area contributed by atoms with E-state index in [-0.39, 0.29) is 10.8 Å². The number of sulfonamides is 1. The molecule has 2 atom stereocenters. The van der Waals surface area contributed by atoms with Crippen LogP contribution >= 0.6 is 0 Å². The van der Waals surface area contributed by atoms with Gasteiger partial charge in [-0.15, -0.1) is 0 Å². The summed E-state index contributed by atoms with van der Waals surface area (Å²) in [5, 5.41) is 0. The molecule has 3 aromatic carbocycles. The van der Waals surface area contributed by atoms with Crippen molar-refractivity contribution in [2.45, 2.75) is 31.1 Å². The highest BCUT2D eigenvalue weighted by Gasteiger charge is 2.43. The molecule has 0 bridgehead atoms. The fourth-order valence-corrected chi connectivity index (χ4v) is 5.73. The molecule has 0 unspecified atom stereocenters. The van der Waals surface area contributed by atoms with Crippen molar-refractivity contribution in [3.63, 3.8) is 0 Å². The van der Waals surface area contributed by atoms with Crippen molar-refractivity contribution < 1.29 is 17.9 Å². The van der Waals surface area contributed by atoms with Crippen LogP contribution in [0.2, 0.25) is 0 Å². The molecule has 0 N–H and O–H groups in total. The minimum atomic E-state index is -4.09. The predicted molar refractivity (Wildman–Crippen MR) is 129 cm³/mol. The van der Waals surface area contributed by atoms with E-state index in [2.05, 4.69) is 0 Å². The van der Waals surface area contributed by atoms with E-state index in [9.17, 15) is 13.2 Å². The molecule has 0 saturated carbocycles. The SMILES string of the molecule is CC[C@@H]1C(=O)N(S(=O)(=O)c2ccc(C)cc2)C(c2ccccc2)=C[C@H]1c1ccc(OC)cc1. The molecule has 0 fully saturated rings. The minimum Gasteiger partial charge on any atom is -0.497 e. The molecule has 1 aliphatic rings. The number of aryl methyl sites for hydroxylation is 1. The van der Waals surface area contributed by atoms with E-state index in [4.69, 9.17) is 4.74 Å². The number of nitrogens with zero attached hydrogens (tertiary/aromatic N) is 1. The number of methoxy groups -OCH3 is 1. The molecule has 1 heterocycles. The molecule has 170 valence electrons. The third-order valence-electron chi connectivity index (χ3n) is 6.08. The number of hydrogen-bond acceptors (Lipinski definition) is 4. The van der Waals surface area contributed by atoms with Gasteiger partial charge in [0.2, 0.25) is 5.91 Å². The van der Waals surface area contributed by atoms with Gasteiger partial charge in [-0.3, -0.25) is 4.79 Å². The van der Waals surface area contributed by atoms with Crippen LogP contribution in [0.25, 0.3) is 5.70 Å². The largest absolute Gasteiger partial charge is 0.497 e. The van der Waals surface area contributed by atoms with Crippen molar-refractivity contribution in [2.75, 3.05) is 7.11 Å². The summed E-state index contributed by atoms with van der Waals surface area (Å²) in [5.41, 5.74) is 2.95. The van der Waals surface area contributed by atoms with Gasteiger partial charge < -0.3 is 4.74 Å². The summed E-state index contributed by atoms with van der Waals surface area (Å²) in [7, 11) is -2.48. The van der Waals surface area contributed by atoms with E-state index in [0.29, 0.717) is 17.7 Å².